The molecule has 0 aromatic heterocycles. The van der Waals surface area contributed by atoms with Gasteiger partial charge >= 0.3 is 12.0 Å². The van der Waals surface area contributed by atoms with Crippen LogP contribution in [0.1, 0.15) is 39.0 Å². The summed E-state index contributed by atoms with van der Waals surface area (Å²) in [5, 5.41) is 18.3. The van der Waals surface area contributed by atoms with Crippen LogP contribution in [0.5, 0.6) is 0 Å². The number of amides is 2. The Morgan fingerprint density at radius 3 is 2.40 bits per heavy atom. The number of hydrogen-bond acceptors (Lipinski definition) is 3. The molecule has 2 atom stereocenters. The molecule has 114 valence electrons. The minimum Gasteiger partial charge on any atom is -0.481 e. The molecule has 0 aromatic carbocycles. The third-order valence-corrected chi connectivity index (χ3v) is 4.67. The molecule has 2 aliphatic rings. The first-order valence-corrected chi connectivity index (χ1v) is 7.47. The van der Waals surface area contributed by atoms with Crippen molar-refractivity contribution in [1.82, 2.24) is 9.80 Å². The molecule has 2 rings (SSSR count). The van der Waals surface area contributed by atoms with Crippen molar-refractivity contribution in [2.24, 2.45) is 5.92 Å². The van der Waals surface area contributed by atoms with E-state index in [0.29, 0.717) is 19.5 Å². The van der Waals surface area contributed by atoms with Crippen molar-refractivity contribution in [3.05, 3.63) is 0 Å². The molecule has 0 bridgehead atoms. The Labute approximate surface area is 119 Å². The first-order valence-electron chi connectivity index (χ1n) is 7.47. The molecule has 2 N–H and O–H groups in total. The predicted octanol–water partition coefficient (Wildman–Crippen LogP) is 1.14. The largest absolute Gasteiger partial charge is 0.481 e. The minimum absolute atomic E-state index is 0.0488. The molecule has 0 radical (unpaired) electrons. The highest BCUT2D eigenvalue weighted by Crippen LogP contribution is 2.29. The van der Waals surface area contributed by atoms with Gasteiger partial charge in [0.15, 0.2) is 0 Å². The first-order chi connectivity index (χ1) is 9.56. The number of rotatable bonds is 4. The van der Waals surface area contributed by atoms with Gasteiger partial charge in [-0.15, -0.1) is 0 Å². The van der Waals surface area contributed by atoms with Crippen LogP contribution >= 0.6 is 0 Å². The van der Waals surface area contributed by atoms with Crippen molar-refractivity contribution < 1.29 is 19.8 Å². The van der Waals surface area contributed by atoms with Gasteiger partial charge < -0.3 is 20.0 Å². The summed E-state index contributed by atoms with van der Waals surface area (Å²) < 4.78 is 0. The summed E-state index contributed by atoms with van der Waals surface area (Å²) >= 11 is 0. The molecular weight excluding hydrogens is 260 g/mol. The van der Waals surface area contributed by atoms with E-state index < -0.39 is 11.9 Å². The van der Waals surface area contributed by atoms with Crippen LogP contribution in [0, 0.1) is 5.92 Å². The standard InChI is InChI=1S/C14H24N2O4/c1-10-12(13(18)19)6-7-15(10)14(20)16(8-9-17)11-4-2-3-5-11/h10-12,17H,2-9H2,1H3,(H,18,19). The Hall–Kier alpha value is -1.30. The van der Waals surface area contributed by atoms with Gasteiger partial charge in [0, 0.05) is 25.2 Å². The van der Waals surface area contributed by atoms with Crippen LogP contribution in [0.15, 0.2) is 0 Å². The number of aliphatic carboxylic acids is 1. The Bertz CT molecular complexity index is 368. The van der Waals surface area contributed by atoms with Gasteiger partial charge in [0.05, 0.1) is 12.5 Å². The predicted molar refractivity (Wildman–Crippen MR) is 73.4 cm³/mol. The summed E-state index contributed by atoms with van der Waals surface area (Å²) in [5.41, 5.74) is 0. The van der Waals surface area contributed by atoms with E-state index in [-0.39, 0.29) is 24.7 Å². The van der Waals surface area contributed by atoms with E-state index in [1.165, 1.54) is 0 Å². The molecule has 2 unspecified atom stereocenters. The van der Waals surface area contributed by atoms with Gasteiger partial charge in [-0.05, 0) is 26.2 Å². The van der Waals surface area contributed by atoms with Crippen LogP contribution in [-0.4, -0.2) is 63.8 Å². The van der Waals surface area contributed by atoms with Gasteiger partial charge in [0.25, 0.3) is 0 Å². The SMILES string of the molecule is CC1C(C(=O)O)CCN1C(=O)N(CCO)C1CCCC1. The summed E-state index contributed by atoms with van der Waals surface area (Å²) in [5.74, 6) is -1.30. The van der Waals surface area contributed by atoms with E-state index in [0.717, 1.165) is 25.7 Å². The second-order valence-corrected chi connectivity index (χ2v) is 5.81. The van der Waals surface area contributed by atoms with E-state index in [9.17, 15) is 14.7 Å². The number of carbonyl (C=O) groups is 2. The number of carboxylic acids is 1. The fourth-order valence-electron chi connectivity index (χ4n) is 3.46. The van der Waals surface area contributed by atoms with Crippen LogP contribution in [-0.2, 0) is 4.79 Å². The molecule has 1 saturated heterocycles. The van der Waals surface area contributed by atoms with Crippen LogP contribution in [0.4, 0.5) is 4.79 Å². The smallest absolute Gasteiger partial charge is 0.320 e. The van der Waals surface area contributed by atoms with Gasteiger partial charge in [0.1, 0.15) is 0 Å². The lowest BCUT2D eigenvalue weighted by Crippen LogP contribution is -2.50. The summed E-state index contributed by atoms with van der Waals surface area (Å²) in [6.07, 6.45) is 4.72. The maximum atomic E-state index is 12.6. The Morgan fingerprint density at radius 1 is 1.25 bits per heavy atom. The number of nitrogens with zero attached hydrogens (tertiary/aromatic N) is 2. The van der Waals surface area contributed by atoms with Gasteiger partial charge in [-0.2, -0.15) is 0 Å². The van der Waals surface area contributed by atoms with E-state index >= 15 is 0 Å². The van der Waals surface area contributed by atoms with Crippen LogP contribution in [0.3, 0.4) is 0 Å². The number of carboxylic acid groups (broad SMARTS) is 1. The zero-order valence-electron chi connectivity index (χ0n) is 12.0. The molecule has 2 amide bonds. The van der Waals surface area contributed by atoms with Crippen LogP contribution < -0.4 is 0 Å². The highest BCUT2D eigenvalue weighted by Gasteiger charge is 2.41. The van der Waals surface area contributed by atoms with Crippen molar-refractivity contribution in [1.29, 1.82) is 0 Å². The number of carbonyl (C=O) groups excluding carboxylic acids is 1. The molecule has 1 heterocycles. The zero-order valence-corrected chi connectivity index (χ0v) is 12.0. The van der Waals surface area contributed by atoms with Crippen molar-refractivity contribution in [3.8, 4) is 0 Å². The first kappa shape index (κ1) is 15.1. The summed E-state index contributed by atoms with van der Waals surface area (Å²) in [4.78, 5) is 27.2. The normalized spacial score (nSPS) is 27.0. The maximum absolute atomic E-state index is 12.6. The topological polar surface area (TPSA) is 81.1 Å². The zero-order chi connectivity index (χ0) is 14.7. The Morgan fingerprint density at radius 2 is 1.90 bits per heavy atom. The quantitative estimate of drug-likeness (QED) is 0.811. The third-order valence-electron chi connectivity index (χ3n) is 4.67. The lowest BCUT2D eigenvalue weighted by atomic mass is 10.0. The van der Waals surface area contributed by atoms with Crippen LogP contribution in [0.25, 0.3) is 0 Å². The second kappa shape index (κ2) is 6.43. The third kappa shape index (κ3) is 2.90. The number of aliphatic hydroxyl groups is 1. The van der Waals surface area contributed by atoms with Gasteiger partial charge in [0.2, 0.25) is 0 Å². The minimum atomic E-state index is -0.831. The average Bonchev–Trinajstić information content (AvgIpc) is 3.04. The van der Waals surface area contributed by atoms with Gasteiger partial charge in [-0.25, -0.2) is 4.79 Å². The number of urea groups is 1. The summed E-state index contributed by atoms with van der Waals surface area (Å²) in [6, 6.07) is -0.185. The highest BCUT2D eigenvalue weighted by molar-refractivity contribution is 5.78. The fourth-order valence-corrected chi connectivity index (χ4v) is 3.46. The molecule has 6 heteroatoms. The molecule has 1 saturated carbocycles. The average molecular weight is 284 g/mol. The summed E-state index contributed by atoms with van der Waals surface area (Å²) in [7, 11) is 0. The Balaban J connectivity index is 2.05. The number of likely N-dealkylation sites (tertiary alicyclic amines) is 1. The molecule has 1 aliphatic heterocycles. The molecule has 0 spiro atoms. The lowest BCUT2D eigenvalue weighted by Gasteiger charge is -2.34. The summed E-state index contributed by atoms with van der Waals surface area (Å²) in [6.45, 7) is 2.58. The van der Waals surface area contributed by atoms with E-state index in [1.54, 1.807) is 16.7 Å². The molecule has 20 heavy (non-hydrogen) atoms. The maximum Gasteiger partial charge on any atom is 0.320 e. The van der Waals surface area contributed by atoms with Crippen molar-refractivity contribution in [2.45, 2.75) is 51.1 Å². The fraction of sp³-hybridized carbons (Fsp3) is 0.857. The Kier molecular flexibility index (Phi) is 4.86. The van der Waals surface area contributed by atoms with Gasteiger partial charge in [-0.1, -0.05) is 12.8 Å². The van der Waals surface area contributed by atoms with Crippen molar-refractivity contribution >= 4 is 12.0 Å². The molecule has 6 nitrogen and oxygen atoms in total. The monoisotopic (exact) mass is 284 g/mol. The molecule has 2 fully saturated rings. The highest BCUT2D eigenvalue weighted by atomic mass is 16.4. The molecule has 1 aliphatic carbocycles. The number of aliphatic hydroxyl groups excluding tert-OH is 1. The van der Waals surface area contributed by atoms with E-state index in [4.69, 9.17) is 5.11 Å². The van der Waals surface area contributed by atoms with Crippen LogP contribution in [0.2, 0.25) is 0 Å². The van der Waals surface area contributed by atoms with E-state index in [1.807, 2.05) is 0 Å². The van der Waals surface area contributed by atoms with E-state index in [2.05, 4.69) is 0 Å². The molecular formula is C14H24N2O4. The van der Waals surface area contributed by atoms with Crippen molar-refractivity contribution in [2.75, 3.05) is 19.7 Å². The van der Waals surface area contributed by atoms with Crippen molar-refractivity contribution in [3.63, 3.8) is 0 Å². The second-order valence-electron chi connectivity index (χ2n) is 5.81. The number of hydrogen-bond donors (Lipinski definition) is 2. The lowest BCUT2D eigenvalue weighted by molar-refractivity contribution is -0.142. The van der Waals surface area contributed by atoms with Gasteiger partial charge in [-0.3, -0.25) is 4.79 Å². The molecule has 0 aromatic rings.